The van der Waals surface area contributed by atoms with E-state index in [0.717, 1.165) is 15.9 Å². The first kappa shape index (κ1) is 36.0. The van der Waals surface area contributed by atoms with Crippen LogP contribution in [0.3, 0.4) is 0 Å². The number of hydrogen-bond donors (Lipinski definition) is 2. The third-order valence-corrected chi connectivity index (χ3v) is 13.4. The lowest BCUT2D eigenvalue weighted by molar-refractivity contribution is -0.157. The number of aliphatic hydroxyl groups excluding tert-OH is 1. The van der Waals surface area contributed by atoms with E-state index in [9.17, 15) is 24.3 Å². The van der Waals surface area contributed by atoms with Crippen LogP contribution in [0.15, 0.2) is 158 Å². The number of aliphatic hydroxyl groups is 1. The second-order valence-electron chi connectivity index (χ2n) is 12.5. The van der Waals surface area contributed by atoms with E-state index in [0.29, 0.717) is 5.69 Å². The number of amides is 2. The fraction of sp³-hybridized carbons (Fsp3) is 0.140. The molecular formula is C43H39N2O6P. The molecule has 1 aliphatic heterocycles. The van der Waals surface area contributed by atoms with E-state index in [2.05, 4.69) is 11.9 Å². The Morgan fingerprint density at radius 2 is 1.29 bits per heavy atom. The maximum Gasteiger partial charge on any atom is 0.356 e. The average Bonchev–Trinajstić information content (AvgIpc) is 3.18. The van der Waals surface area contributed by atoms with Crippen LogP contribution >= 0.6 is 6.89 Å². The van der Waals surface area contributed by atoms with Gasteiger partial charge in [-0.05, 0) is 47.1 Å². The summed E-state index contributed by atoms with van der Waals surface area (Å²) in [6, 6.07) is 43.1. The fourth-order valence-corrected chi connectivity index (χ4v) is 11.2. The van der Waals surface area contributed by atoms with E-state index >= 15 is 0 Å². The van der Waals surface area contributed by atoms with Gasteiger partial charge in [0.15, 0.2) is 5.78 Å². The van der Waals surface area contributed by atoms with Gasteiger partial charge in [-0.1, -0.05) is 134 Å². The fourth-order valence-electron chi connectivity index (χ4n) is 6.81. The molecule has 1 heterocycles. The van der Waals surface area contributed by atoms with Crippen LogP contribution in [0, 0.1) is 5.92 Å². The SMILES string of the molecule is C=CCOC(=O)C(N1C(=O)C(C(C)O)C1CC(=O)c1cccc(C(=O)Nc2ccccc2)c1)=P(c1ccccc1)(c1ccccc1)c1ccccc1. The van der Waals surface area contributed by atoms with Crippen molar-refractivity contribution in [3.05, 3.63) is 169 Å². The first-order valence-electron chi connectivity index (χ1n) is 17.0. The van der Waals surface area contributed by atoms with E-state index in [-0.39, 0.29) is 41.3 Å². The molecule has 0 bridgehead atoms. The Labute approximate surface area is 303 Å². The van der Waals surface area contributed by atoms with Crippen molar-refractivity contribution >= 4 is 57.5 Å². The first-order chi connectivity index (χ1) is 25.3. The Bertz CT molecular complexity index is 2030. The van der Waals surface area contributed by atoms with Crippen molar-refractivity contribution in [3.63, 3.8) is 0 Å². The lowest BCUT2D eigenvalue weighted by Gasteiger charge is -2.50. The van der Waals surface area contributed by atoms with Gasteiger partial charge in [0.25, 0.3) is 5.91 Å². The smallest absolute Gasteiger partial charge is 0.356 e. The molecule has 2 amide bonds. The van der Waals surface area contributed by atoms with Crippen molar-refractivity contribution in [2.75, 3.05) is 11.9 Å². The zero-order chi connectivity index (χ0) is 36.7. The molecule has 9 heteroatoms. The number of ketones is 1. The molecule has 262 valence electrons. The average molecular weight is 711 g/mol. The molecule has 8 nitrogen and oxygen atoms in total. The summed E-state index contributed by atoms with van der Waals surface area (Å²) < 4.78 is 5.80. The van der Waals surface area contributed by atoms with Crippen molar-refractivity contribution < 1.29 is 29.0 Å². The van der Waals surface area contributed by atoms with E-state index in [1.54, 1.807) is 30.3 Å². The summed E-state index contributed by atoms with van der Waals surface area (Å²) in [4.78, 5) is 57.7. The quantitative estimate of drug-likeness (QED) is 0.0544. The maximum absolute atomic E-state index is 14.6. The van der Waals surface area contributed by atoms with Crippen LogP contribution in [-0.4, -0.2) is 57.7 Å². The second-order valence-corrected chi connectivity index (χ2v) is 15.8. The largest absolute Gasteiger partial charge is 0.457 e. The number of carbonyl (C=O) groups excluding carboxylic acids is 4. The summed E-state index contributed by atoms with van der Waals surface area (Å²) in [6.45, 7) is 1.91. The predicted octanol–water partition coefficient (Wildman–Crippen LogP) is 5.57. The van der Waals surface area contributed by atoms with Crippen LogP contribution in [0.5, 0.6) is 0 Å². The molecule has 0 saturated carbocycles. The normalized spacial score (nSPS) is 15.9. The Balaban J connectivity index is 1.52. The van der Waals surface area contributed by atoms with Gasteiger partial charge in [-0.15, -0.1) is 0 Å². The summed E-state index contributed by atoms with van der Waals surface area (Å²) >= 11 is 0. The van der Waals surface area contributed by atoms with Crippen molar-refractivity contribution in [1.82, 2.24) is 4.90 Å². The molecule has 1 aliphatic rings. The summed E-state index contributed by atoms with van der Waals surface area (Å²) in [5.74, 6) is -2.92. The highest BCUT2D eigenvalue weighted by Crippen LogP contribution is 2.50. The topological polar surface area (TPSA) is 113 Å². The van der Waals surface area contributed by atoms with Gasteiger partial charge < -0.3 is 20.1 Å². The minimum Gasteiger partial charge on any atom is -0.457 e. The number of likely N-dealkylation sites (tertiary alicyclic amines) is 1. The highest BCUT2D eigenvalue weighted by molar-refractivity contribution is 7.96. The summed E-state index contributed by atoms with van der Waals surface area (Å²) in [5, 5.41) is 16.2. The first-order valence-corrected chi connectivity index (χ1v) is 18.8. The molecule has 0 radical (unpaired) electrons. The van der Waals surface area contributed by atoms with Crippen LogP contribution in [0.4, 0.5) is 5.69 Å². The minimum absolute atomic E-state index is 0.105. The van der Waals surface area contributed by atoms with Gasteiger partial charge >= 0.3 is 5.97 Å². The number of hydrogen-bond acceptors (Lipinski definition) is 6. The molecule has 3 unspecified atom stereocenters. The van der Waals surface area contributed by atoms with Crippen molar-refractivity contribution in [2.24, 2.45) is 5.92 Å². The van der Waals surface area contributed by atoms with Crippen LogP contribution in [0.1, 0.15) is 34.1 Å². The number of carbonyl (C=O) groups is 4. The number of para-hydroxylation sites is 1. The molecule has 6 rings (SSSR count). The Morgan fingerprint density at radius 1 is 0.788 bits per heavy atom. The molecule has 0 aromatic heterocycles. The van der Waals surface area contributed by atoms with Crippen LogP contribution in [0.2, 0.25) is 0 Å². The van der Waals surface area contributed by atoms with E-state index < -0.39 is 36.8 Å². The number of nitrogens with zero attached hydrogens (tertiary/aromatic N) is 1. The van der Waals surface area contributed by atoms with Gasteiger partial charge in [-0.2, -0.15) is 0 Å². The standard InChI is InChI=1S/C43H39N2O6P/c1-3-27-51-43(50)42(52(34-21-10-5-11-22-34,35-23-12-6-13-24-35)36-25-14-7-15-26-36)45-37(39(30(2)46)41(45)49)29-38(47)31-17-16-18-32(28-31)40(48)44-33-19-8-4-9-20-33/h3-26,28,30,37,39,46H,1,27,29H2,2H3,(H,44,48). The third-order valence-electron chi connectivity index (χ3n) is 9.15. The van der Waals surface area contributed by atoms with E-state index in [1.807, 2.05) is 109 Å². The van der Waals surface area contributed by atoms with Crippen LogP contribution < -0.4 is 21.2 Å². The summed E-state index contributed by atoms with van der Waals surface area (Å²) in [5.41, 5.74) is 1.26. The molecule has 1 saturated heterocycles. The number of benzene rings is 5. The second kappa shape index (κ2) is 16.0. The molecule has 0 aliphatic carbocycles. The van der Waals surface area contributed by atoms with Crippen molar-refractivity contribution in [1.29, 1.82) is 0 Å². The van der Waals surface area contributed by atoms with Gasteiger partial charge in [0.1, 0.15) is 12.0 Å². The van der Waals surface area contributed by atoms with E-state index in [4.69, 9.17) is 4.74 Å². The van der Waals surface area contributed by atoms with Crippen molar-refractivity contribution in [3.8, 4) is 0 Å². The molecular weight excluding hydrogens is 671 g/mol. The maximum atomic E-state index is 14.6. The lowest BCUT2D eigenvalue weighted by Crippen LogP contribution is -2.68. The minimum atomic E-state index is -3.22. The van der Waals surface area contributed by atoms with Gasteiger partial charge in [0.05, 0.1) is 18.1 Å². The molecule has 52 heavy (non-hydrogen) atoms. The van der Waals surface area contributed by atoms with Gasteiger partial charge in [-0.25, -0.2) is 4.79 Å². The number of ether oxygens (including phenoxy) is 1. The summed E-state index contributed by atoms with van der Waals surface area (Å²) in [6.07, 6.45) is 0.122. The predicted molar refractivity (Wildman–Crippen MR) is 207 cm³/mol. The molecule has 5 aromatic rings. The number of esters is 1. The zero-order valence-electron chi connectivity index (χ0n) is 28.7. The van der Waals surface area contributed by atoms with Gasteiger partial charge in [-0.3, -0.25) is 14.4 Å². The van der Waals surface area contributed by atoms with Gasteiger partial charge in [0, 0.05) is 30.1 Å². The number of nitrogens with one attached hydrogen (secondary N) is 1. The molecule has 3 atom stereocenters. The monoisotopic (exact) mass is 710 g/mol. The molecule has 5 aromatic carbocycles. The molecule has 0 spiro atoms. The zero-order valence-corrected chi connectivity index (χ0v) is 29.6. The number of β-lactam (4-membered cyclic amide) rings is 1. The number of anilines is 1. The van der Waals surface area contributed by atoms with Crippen LogP contribution in [-0.2, 0) is 14.3 Å². The Kier molecular flexibility index (Phi) is 11.1. The molecule has 2 N–H and O–H groups in total. The number of rotatable bonds is 13. The highest BCUT2D eigenvalue weighted by Gasteiger charge is 2.55. The van der Waals surface area contributed by atoms with Crippen LogP contribution in [0.25, 0.3) is 0 Å². The van der Waals surface area contributed by atoms with Crippen molar-refractivity contribution in [2.45, 2.75) is 25.5 Å². The van der Waals surface area contributed by atoms with Gasteiger partial charge in [0.2, 0.25) is 5.91 Å². The summed E-state index contributed by atoms with van der Waals surface area (Å²) in [7, 11) is 0. The van der Waals surface area contributed by atoms with E-state index in [1.165, 1.54) is 24.0 Å². The number of Topliss-reactive ketones (excluding diaryl/α,β-unsaturated/α-hetero) is 1. The molecule has 1 fully saturated rings. The Hall–Kier alpha value is -5.82. The highest BCUT2D eigenvalue weighted by atomic mass is 31.2. The Morgan fingerprint density at radius 3 is 1.79 bits per heavy atom. The third kappa shape index (κ3) is 7.04. The lowest BCUT2D eigenvalue weighted by atomic mass is 9.79.